The monoisotopic (exact) mass is 366 g/mol. The van der Waals surface area contributed by atoms with Crippen LogP contribution in [0.25, 0.3) is 5.69 Å². The van der Waals surface area contributed by atoms with Crippen LogP contribution in [0, 0.1) is 11.3 Å². The minimum absolute atomic E-state index is 0.0876. The van der Waals surface area contributed by atoms with Gasteiger partial charge >= 0.3 is 5.97 Å². The quantitative estimate of drug-likeness (QED) is 0.817. The standard InChI is InChI=1S/C13H11BrN4O2S/c1-2-11-16-17-13(21-7-12(19)20)18(11)10-4-3-8(6-15)5-9(10)14/h3-5H,2,7H2,1H3,(H,19,20). The Morgan fingerprint density at radius 3 is 2.86 bits per heavy atom. The van der Waals surface area contributed by atoms with Crippen LogP contribution in [0.3, 0.4) is 0 Å². The molecule has 0 atom stereocenters. The number of hydrogen-bond donors (Lipinski definition) is 1. The molecule has 108 valence electrons. The summed E-state index contributed by atoms with van der Waals surface area (Å²) in [6.45, 7) is 1.95. The van der Waals surface area contributed by atoms with Crippen LogP contribution in [0.1, 0.15) is 18.3 Å². The summed E-state index contributed by atoms with van der Waals surface area (Å²) in [6, 6.07) is 7.27. The van der Waals surface area contributed by atoms with Gasteiger partial charge in [0.1, 0.15) is 5.82 Å². The number of aryl methyl sites for hydroxylation is 1. The second kappa shape index (κ2) is 6.74. The lowest BCUT2D eigenvalue weighted by Crippen LogP contribution is -2.05. The molecule has 0 radical (unpaired) electrons. The summed E-state index contributed by atoms with van der Waals surface area (Å²) in [5.41, 5.74) is 1.32. The van der Waals surface area contributed by atoms with Crippen LogP contribution in [-0.4, -0.2) is 31.6 Å². The van der Waals surface area contributed by atoms with E-state index in [1.54, 1.807) is 22.8 Å². The van der Waals surface area contributed by atoms with E-state index in [0.717, 1.165) is 27.7 Å². The van der Waals surface area contributed by atoms with E-state index in [-0.39, 0.29) is 5.75 Å². The third-order valence-corrected chi connectivity index (χ3v) is 4.21. The Morgan fingerprint density at radius 1 is 1.52 bits per heavy atom. The highest BCUT2D eigenvalue weighted by Crippen LogP contribution is 2.28. The van der Waals surface area contributed by atoms with Gasteiger partial charge in [0.15, 0.2) is 5.16 Å². The van der Waals surface area contributed by atoms with Crippen molar-refractivity contribution in [3.63, 3.8) is 0 Å². The largest absolute Gasteiger partial charge is 0.481 e. The summed E-state index contributed by atoms with van der Waals surface area (Å²) in [5, 5.41) is 26.4. The van der Waals surface area contributed by atoms with Crippen molar-refractivity contribution in [3.05, 3.63) is 34.1 Å². The maximum absolute atomic E-state index is 10.7. The highest BCUT2D eigenvalue weighted by molar-refractivity contribution is 9.10. The van der Waals surface area contributed by atoms with E-state index in [0.29, 0.717) is 17.1 Å². The molecule has 0 spiro atoms. The number of aromatic nitrogens is 3. The highest BCUT2D eigenvalue weighted by Gasteiger charge is 2.16. The van der Waals surface area contributed by atoms with Gasteiger partial charge in [-0.1, -0.05) is 18.7 Å². The Hall–Kier alpha value is -1.85. The van der Waals surface area contributed by atoms with Crippen molar-refractivity contribution in [2.75, 3.05) is 5.75 Å². The summed E-state index contributed by atoms with van der Waals surface area (Å²) in [4.78, 5) is 10.7. The second-order valence-electron chi connectivity index (χ2n) is 4.05. The van der Waals surface area contributed by atoms with E-state index in [4.69, 9.17) is 10.4 Å². The molecule has 21 heavy (non-hydrogen) atoms. The normalized spacial score (nSPS) is 10.3. The predicted molar refractivity (Wildman–Crippen MR) is 81.5 cm³/mol. The van der Waals surface area contributed by atoms with E-state index >= 15 is 0 Å². The Bertz CT molecular complexity index is 723. The second-order valence-corrected chi connectivity index (χ2v) is 5.85. The van der Waals surface area contributed by atoms with Gasteiger partial charge in [-0.25, -0.2) is 0 Å². The van der Waals surface area contributed by atoms with E-state index in [2.05, 4.69) is 32.2 Å². The van der Waals surface area contributed by atoms with Crippen LogP contribution in [0.5, 0.6) is 0 Å². The number of carboxylic acids is 1. The number of benzene rings is 1. The first-order chi connectivity index (χ1) is 10.1. The molecule has 8 heteroatoms. The van der Waals surface area contributed by atoms with Gasteiger partial charge in [0, 0.05) is 10.9 Å². The molecular formula is C13H11BrN4O2S. The zero-order chi connectivity index (χ0) is 15.4. The average molecular weight is 367 g/mol. The van der Waals surface area contributed by atoms with E-state index in [1.807, 2.05) is 6.92 Å². The predicted octanol–water partition coefficient (Wildman–Crippen LogP) is 2.64. The number of carbonyl (C=O) groups is 1. The molecule has 0 amide bonds. The summed E-state index contributed by atoms with van der Waals surface area (Å²) in [7, 11) is 0. The maximum atomic E-state index is 10.7. The van der Waals surface area contributed by atoms with Crippen molar-refractivity contribution >= 4 is 33.7 Å². The molecule has 2 aromatic rings. The molecule has 1 N–H and O–H groups in total. The van der Waals surface area contributed by atoms with Crippen LogP contribution in [0.15, 0.2) is 27.8 Å². The summed E-state index contributed by atoms with van der Waals surface area (Å²) >= 11 is 4.54. The Balaban J connectivity index is 2.49. The Morgan fingerprint density at radius 2 is 2.29 bits per heavy atom. The fourth-order valence-corrected chi connectivity index (χ4v) is 2.99. The summed E-state index contributed by atoms with van der Waals surface area (Å²) in [6.07, 6.45) is 0.660. The molecule has 1 aromatic heterocycles. The minimum Gasteiger partial charge on any atom is -0.481 e. The van der Waals surface area contributed by atoms with Crippen LogP contribution in [0.2, 0.25) is 0 Å². The van der Waals surface area contributed by atoms with E-state index in [9.17, 15) is 4.79 Å². The zero-order valence-electron chi connectivity index (χ0n) is 11.1. The first-order valence-electron chi connectivity index (χ1n) is 6.05. The topological polar surface area (TPSA) is 91.8 Å². The molecule has 2 rings (SSSR count). The molecule has 6 nitrogen and oxygen atoms in total. The number of carboxylic acid groups (broad SMARTS) is 1. The van der Waals surface area contributed by atoms with Crippen molar-refractivity contribution in [1.82, 2.24) is 14.8 Å². The molecule has 0 aliphatic rings. The number of thioether (sulfide) groups is 1. The van der Waals surface area contributed by atoms with Crippen LogP contribution >= 0.6 is 27.7 Å². The molecule has 0 aliphatic heterocycles. The Labute approximate surface area is 133 Å². The number of rotatable bonds is 5. The lowest BCUT2D eigenvalue weighted by molar-refractivity contribution is -0.133. The smallest absolute Gasteiger partial charge is 0.313 e. The fraction of sp³-hybridized carbons (Fsp3) is 0.231. The third-order valence-electron chi connectivity index (χ3n) is 2.66. The number of aliphatic carboxylic acids is 1. The summed E-state index contributed by atoms with van der Waals surface area (Å²) in [5.74, 6) is -0.268. The maximum Gasteiger partial charge on any atom is 0.313 e. The highest BCUT2D eigenvalue weighted by atomic mass is 79.9. The molecule has 0 fully saturated rings. The van der Waals surface area contributed by atoms with Gasteiger partial charge in [0.2, 0.25) is 0 Å². The van der Waals surface area contributed by atoms with Crippen molar-refractivity contribution in [3.8, 4) is 11.8 Å². The molecule has 0 saturated heterocycles. The van der Waals surface area contributed by atoms with Gasteiger partial charge in [-0.3, -0.25) is 9.36 Å². The van der Waals surface area contributed by atoms with Crippen LogP contribution in [0.4, 0.5) is 0 Å². The van der Waals surface area contributed by atoms with E-state index in [1.165, 1.54) is 0 Å². The van der Waals surface area contributed by atoms with Gasteiger partial charge in [-0.15, -0.1) is 10.2 Å². The molecule has 0 unspecified atom stereocenters. The molecular weight excluding hydrogens is 356 g/mol. The number of nitrogens with zero attached hydrogens (tertiary/aromatic N) is 4. The number of hydrogen-bond acceptors (Lipinski definition) is 5. The minimum atomic E-state index is -0.911. The Kier molecular flexibility index (Phi) is 4.98. The van der Waals surface area contributed by atoms with Crippen LogP contribution in [-0.2, 0) is 11.2 Å². The number of halogens is 1. The first-order valence-corrected chi connectivity index (χ1v) is 7.83. The molecule has 0 saturated carbocycles. The fourth-order valence-electron chi connectivity index (χ4n) is 1.75. The first kappa shape index (κ1) is 15.5. The molecule has 1 aromatic carbocycles. The lowest BCUT2D eigenvalue weighted by Gasteiger charge is -2.11. The van der Waals surface area contributed by atoms with Gasteiger partial charge in [0.05, 0.1) is 23.1 Å². The third kappa shape index (κ3) is 3.43. The lowest BCUT2D eigenvalue weighted by atomic mass is 10.2. The summed E-state index contributed by atoms with van der Waals surface area (Å²) < 4.78 is 2.53. The van der Waals surface area contributed by atoms with Gasteiger partial charge in [-0.2, -0.15) is 5.26 Å². The van der Waals surface area contributed by atoms with Crippen molar-refractivity contribution in [1.29, 1.82) is 5.26 Å². The average Bonchev–Trinajstić information content (AvgIpc) is 2.87. The molecule has 0 aliphatic carbocycles. The molecule has 1 heterocycles. The van der Waals surface area contributed by atoms with Crippen LogP contribution < -0.4 is 0 Å². The zero-order valence-corrected chi connectivity index (χ0v) is 13.5. The SMILES string of the molecule is CCc1nnc(SCC(=O)O)n1-c1ccc(C#N)cc1Br. The van der Waals surface area contributed by atoms with Crippen molar-refractivity contribution in [2.45, 2.75) is 18.5 Å². The van der Waals surface area contributed by atoms with Crippen molar-refractivity contribution < 1.29 is 9.90 Å². The van der Waals surface area contributed by atoms with Crippen molar-refractivity contribution in [2.24, 2.45) is 0 Å². The van der Waals surface area contributed by atoms with E-state index < -0.39 is 5.97 Å². The molecule has 0 bridgehead atoms. The van der Waals surface area contributed by atoms with Gasteiger partial charge in [0.25, 0.3) is 0 Å². The van der Waals surface area contributed by atoms with Gasteiger partial charge < -0.3 is 5.11 Å². The van der Waals surface area contributed by atoms with Gasteiger partial charge in [-0.05, 0) is 34.1 Å². The number of nitriles is 1.